The van der Waals surface area contributed by atoms with Crippen molar-refractivity contribution in [2.45, 2.75) is 19.8 Å². The molecule has 0 spiro atoms. The van der Waals surface area contributed by atoms with Crippen LogP contribution < -0.4 is 10.5 Å². The first-order valence-corrected chi connectivity index (χ1v) is 8.48. The molecular weight excluding hydrogens is 343 g/mol. The van der Waals surface area contributed by atoms with Crippen LogP contribution in [0.1, 0.15) is 28.2 Å². The molecule has 0 fully saturated rings. The molecule has 1 aliphatic heterocycles. The summed E-state index contributed by atoms with van der Waals surface area (Å²) >= 11 is 0. The Morgan fingerprint density at radius 2 is 2.00 bits per heavy atom. The molecular formula is C21H17FN4O. The zero-order valence-electron chi connectivity index (χ0n) is 14.9. The van der Waals surface area contributed by atoms with Crippen LogP contribution in [0.15, 0.2) is 53.9 Å². The van der Waals surface area contributed by atoms with Gasteiger partial charge in [-0.05, 0) is 48.7 Å². The average Bonchev–Trinajstić information content (AvgIpc) is 3.06. The Hall–Kier alpha value is -3.59. The quantitative estimate of drug-likeness (QED) is 0.722. The number of ether oxygens (including phenoxy) is 1. The maximum Gasteiger partial charge on any atom is 0.244 e. The van der Waals surface area contributed by atoms with Crippen molar-refractivity contribution >= 4 is 0 Å². The van der Waals surface area contributed by atoms with E-state index in [-0.39, 0.29) is 17.3 Å². The number of halogens is 1. The second-order valence-electron chi connectivity index (χ2n) is 6.60. The maximum absolute atomic E-state index is 13.9. The van der Waals surface area contributed by atoms with Crippen molar-refractivity contribution in [2.75, 3.05) is 0 Å². The highest BCUT2D eigenvalue weighted by atomic mass is 19.1. The number of hydrogen-bond acceptors (Lipinski definition) is 4. The van der Waals surface area contributed by atoms with Crippen LogP contribution in [-0.2, 0) is 0 Å². The molecule has 1 unspecified atom stereocenters. The van der Waals surface area contributed by atoms with Gasteiger partial charge in [-0.1, -0.05) is 24.3 Å². The molecule has 0 aliphatic carbocycles. The highest BCUT2D eigenvalue weighted by Gasteiger charge is 2.35. The van der Waals surface area contributed by atoms with Gasteiger partial charge in [0.15, 0.2) is 0 Å². The van der Waals surface area contributed by atoms with Gasteiger partial charge in [0.05, 0.1) is 17.2 Å². The van der Waals surface area contributed by atoms with Crippen LogP contribution in [0.5, 0.6) is 5.88 Å². The number of nitrogens with one attached hydrogen (secondary N) is 1. The van der Waals surface area contributed by atoms with Crippen LogP contribution in [0.3, 0.4) is 0 Å². The molecule has 5 nitrogen and oxygen atoms in total. The standard InChI is InChI=1S/C21H17FN4O/c1-11-6-7-14(8-12(11)2)19-18-17(13-4-3-5-15(22)9-13)16(10-23)20(24)27-21(18)26-25-19/h3-9,17H,24H2,1-2H3,(H,25,26). The minimum absolute atomic E-state index is 0.0163. The number of nitrogens with zero attached hydrogens (tertiary/aromatic N) is 2. The molecule has 1 aromatic heterocycles. The second-order valence-corrected chi connectivity index (χ2v) is 6.60. The third-order valence-corrected chi connectivity index (χ3v) is 4.92. The van der Waals surface area contributed by atoms with Gasteiger partial charge in [-0.25, -0.2) is 4.39 Å². The molecule has 0 saturated carbocycles. The van der Waals surface area contributed by atoms with Crippen molar-refractivity contribution < 1.29 is 9.13 Å². The fourth-order valence-corrected chi connectivity index (χ4v) is 3.38. The number of fused-ring (bicyclic) bond motifs is 1. The van der Waals surface area contributed by atoms with Gasteiger partial charge in [0, 0.05) is 5.56 Å². The number of hydrogen-bond donors (Lipinski definition) is 2. The van der Waals surface area contributed by atoms with Gasteiger partial charge in [0.25, 0.3) is 0 Å². The lowest BCUT2D eigenvalue weighted by Crippen LogP contribution is -2.21. The van der Waals surface area contributed by atoms with Crippen molar-refractivity contribution in [3.63, 3.8) is 0 Å². The van der Waals surface area contributed by atoms with E-state index in [1.54, 1.807) is 12.1 Å². The Bertz CT molecular complexity index is 1120. The largest absolute Gasteiger partial charge is 0.420 e. The molecule has 3 N–H and O–H groups in total. The first-order chi connectivity index (χ1) is 13.0. The van der Waals surface area contributed by atoms with Gasteiger partial charge >= 0.3 is 0 Å². The molecule has 1 atom stereocenters. The molecule has 2 aromatic carbocycles. The minimum Gasteiger partial charge on any atom is -0.420 e. The van der Waals surface area contributed by atoms with E-state index in [1.165, 1.54) is 17.7 Å². The van der Waals surface area contributed by atoms with E-state index in [1.807, 2.05) is 32.0 Å². The number of benzene rings is 2. The number of aromatic amines is 1. The molecule has 4 rings (SSSR count). The molecule has 0 bridgehead atoms. The Labute approximate surface area is 155 Å². The lowest BCUT2D eigenvalue weighted by Gasteiger charge is -2.24. The number of rotatable bonds is 2. The van der Waals surface area contributed by atoms with Crippen LogP contribution in [0, 0.1) is 31.0 Å². The Kier molecular flexibility index (Phi) is 3.93. The Morgan fingerprint density at radius 1 is 1.19 bits per heavy atom. The Morgan fingerprint density at radius 3 is 2.70 bits per heavy atom. The first kappa shape index (κ1) is 16.9. The van der Waals surface area contributed by atoms with Crippen LogP contribution in [0.2, 0.25) is 0 Å². The molecule has 6 heteroatoms. The molecule has 1 aliphatic rings. The Balaban J connectivity index is 1.96. The predicted molar refractivity (Wildman–Crippen MR) is 99.2 cm³/mol. The fourth-order valence-electron chi connectivity index (χ4n) is 3.38. The van der Waals surface area contributed by atoms with E-state index < -0.39 is 5.92 Å². The molecule has 27 heavy (non-hydrogen) atoms. The fraction of sp³-hybridized carbons (Fsp3) is 0.143. The predicted octanol–water partition coefficient (Wildman–Crippen LogP) is 4.05. The summed E-state index contributed by atoms with van der Waals surface area (Å²) in [5.41, 5.74) is 11.4. The average molecular weight is 360 g/mol. The van der Waals surface area contributed by atoms with Gasteiger partial charge in [-0.3, -0.25) is 5.10 Å². The summed E-state index contributed by atoms with van der Waals surface area (Å²) in [5.74, 6) is -0.663. The summed E-state index contributed by atoms with van der Waals surface area (Å²) in [6.07, 6.45) is 0. The monoisotopic (exact) mass is 360 g/mol. The van der Waals surface area contributed by atoms with Crippen molar-refractivity contribution in [3.05, 3.63) is 82.0 Å². The van der Waals surface area contributed by atoms with E-state index in [4.69, 9.17) is 10.5 Å². The molecule has 0 radical (unpaired) electrons. The molecule has 2 heterocycles. The minimum atomic E-state index is -0.565. The van der Waals surface area contributed by atoms with Gasteiger partial charge in [-0.2, -0.15) is 5.26 Å². The summed E-state index contributed by atoms with van der Waals surface area (Å²) in [7, 11) is 0. The lowest BCUT2D eigenvalue weighted by atomic mass is 9.83. The number of H-pyrrole nitrogens is 1. The molecule has 0 amide bonds. The summed E-state index contributed by atoms with van der Waals surface area (Å²) in [5, 5.41) is 16.9. The van der Waals surface area contributed by atoms with Crippen LogP contribution >= 0.6 is 0 Å². The molecule has 134 valence electrons. The number of nitrogens with two attached hydrogens (primary N) is 1. The van der Waals surface area contributed by atoms with Gasteiger partial charge in [0.1, 0.15) is 17.5 Å². The smallest absolute Gasteiger partial charge is 0.244 e. The van der Waals surface area contributed by atoms with E-state index in [2.05, 4.69) is 16.3 Å². The van der Waals surface area contributed by atoms with Gasteiger partial charge in [0.2, 0.25) is 11.8 Å². The highest BCUT2D eigenvalue weighted by molar-refractivity contribution is 5.71. The third kappa shape index (κ3) is 2.74. The van der Waals surface area contributed by atoms with Crippen molar-refractivity contribution in [1.82, 2.24) is 10.2 Å². The van der Waals surface area contributed by atoms with E-state index in [0.717, 1.165) is 16.8 Å². The van der Waals surface area contributed by atoms with Crippen LogP contribution in [0.4, 0.5) is 4.39 Å². The van der Waals surface area contributed by atoms with E-state index in [9.17, 15) is 9.65 Å². The molecule has 0 saturated heterocycles. The van der Waals surface area contributed by atoms with Crippen molar-refractivity contribution in [3.8, 4) is 23.2 Å². The normalized spacial score (nSPS) is 15.9. The zero-order valence-corrected chi connectivity index (χ0v) is 14.9. The lowest BCUT2D eigenvalue weighted by molar-refractivity contribution is 0.379. The second kappa shape index (κ2) is 6.29. The highest BCUT2D eigenvalue weighted by Crippen LogP contribution is 2.45. The summed E-state index contributed by atoms with van der Waals surface area (Å²) in [6.45, 7) is 4.07. The number of aromatic nitrogens is 2. The van der Waals surface area contributed by atoms with Crippen LogP contribution in [0.25, 0.3) is 11.3 Å². The zero-order chi connectivity index (χ0) is 19.1. The maximum atomic E-state index is 13.9. The SMILES string of the molecule is Cc1ccc(-c2[nH]nc3c2C(c2cccc(F)c2)C(C#N)=C(N)O3)cc1C. The summed E-state index contributed by atoms with van der Waals surface area (Å²) in [4.78, 5) is 0. The van der Waals surface area contributed by atoms with Crippen LogP contribution in [-0.4, -0.2) is 10.2 Å². The third-order valence-electron chi connectivity index (χ3n) is 4.92. The van der Waals surface area contributed by atoms with Gasteiger partial charge in [-0.15, -0.1) is 5.10 Å². The number of allylic oxidation sites excluding steroid dienone is 1. The van der Waals surface area contributed by atoms with Gasteiger partial charge < -0.3 is 10.5 Å². The van der Waals surface area contributed by atoms with E-state index in [0.29, 0.717) is 17.0 Å². The van der Waals surface area contributed by atoms with Crippen molar-refractivity contribution in [2.24, 2.45) is 5.73 Å². The summed E-state index contributed by atoms with van der Waals surface area (Å²) in [6, 6.07) is 14.3. The number of aryl methyl sites for hydroxylation is 2. The topological polar surface area (TPSA) is 87.7 Å². The number of nitriles is 1. The first-order valence-electron chi connectivity index (χ1n) is 8.48. The van der Waals surface area contributed by atoms with E-state index >= 15 is 0 Å². The summed E-state index contributed by atoms with van der Waals surface area (Å²) < 4.78 is 19.5. The molecule has 3 aromatic rings. The van der Waals surface area contributed by atoms with Crippen molar-refractivity contribution in [1.29, 1.82) is 5.26 Å².